The van der Waals surface area contributed by atoms with E-state index in [0.717, 1.165) is 0 Å². The van der Waals surface area contributed by atoms with E-state index < -0.39 is 5.97 Å². The Morgan fingerprint density at radius 3 is 2.52 bits per heavy atom. The molecule has 0 saturated carbocycles. The molecule has 0 atom stereocenters. The zero-order valence-corrected chi connectivity index (χ0v) is 12.9. The van der Waals surface area contributed by atoms with Gasteiger partial charge in [-0.3, -0.25) is 14.5 Å². The predicted molar refractivity (Wildman–Crippen MR) is 82.7 cm³/mol. The van der Waals surface area contributed by atoms with Crippen molar-refractivity contribution in [3.63, 3.8) is 0 Å². The molecule has 21 heavy (non-hydrogen) atoms. The SMILES string of the molecule is CN(C)CCN(CC(=O)O)CC(=O)Nc1cccc(Cl)c1. The van der Waals surface area contributed by atoms with E-state index in [1.165, 1.54) is 0 Å². The van der Waals surface area contributed by atoms with Crippen molar-refractivity contribution in [1.82, 2.24) is 9.80 Å². The average molecular weight is 314 g/mol. The molecular formula is C14H20ClN3O3. The van der Waals surface area contributed by atoms with E-state index in [2.05, 4.69) is 5.32 Å². The van der Waals surface area contributed by atoms with Crippen molar-refractivity contribution in [2.75, 3.05) is 45.6 Å². The molecule has 7 heteroatoms. The molecule has 2 N–H and O–H groups in total. The van der Waals surface area contributed by atoms with Gasteiger partial charge in [0.25, 0.3) is 0 Å². The van der Waals surface area contributed by atoms with Crippen molar-refractivity contribution in [2.24, 2.45) is 0 Å². The molecule has 0 aliphatic rings. The van der Waals surface area contributed by atoms with Gasteiger partial charge in [0.2, 0.25) is 5.91 Å². The van der Waals surface area contributed by atoms with Crippen LogP contribution in [0.5, 0.6) is 0 Å². The van der Waals surface area contributed by atoms with Gasteiger partial charge in [-0.25, -0.2) is 0 Å². The van der Waals surface area contributed by atoms with Crippen molar-refractivity contribution < 1.29 is 14.7 Å². The van der Waals surface area contributed by atoms with Crippen LogP contribution >= 0.6 is 11.6 Å². The molecule has 1 aromatic carbocycles. The third kappa shape index (κ3) is 7.65. The van der Waals surface area contributed by atoms with Crippen LogP contribution in [0, 0.1) is 0 Å². The van der Waals surface area contributed by atoms with Crippen LogP contribution in [0.4, 0.5) is 5.69 Å². The number of hydrogen-bond donors (Lipinski definition) is 2. The molecule has 0 spiro atoms. The largest absolute Gasteiger partial charge is 0.480 e. The number of hydrogen-bond acceptors (Lipinski definition) is 4. The van der Waals surface area contributed by atoms with Gasteiger partial charge in [0.05, 0.1) is 13.1 Å². The Labute approximate surface area is 129 Å². The van der Waals surface area contributed by atoms with Crippen LogP contribution in [0.1, 0.15) is 0 Å². The average Bonchev–Trinajstić information content (AvgIpc) is 2.35. The second-order valence-electron chi connectivity index (χ2n) is 4.97. The Kier molecular flexibility index (Phi) is 7.14. The minimum absolute atomic E-state index is 0.0205. The first-order valence-corrected chi connectivity index (χ1v) is 6.89. The second-order valence-corrected chi connectivity index (χ2v) is 5.40. The summed E-state index contributed by atoms with van der Waals surface area (Å²) in [5.74, 6) is -1.22. The van der Waals surface area contributed by atoms with E-state index in [1.807, 2.05) is 19.0 Å². The maximum atomic E-state index is 12.0. The van der Waals surface area contributed by atoms with E-state index >= 15 is 0 Å². The summed E-state index contributed by atoms with van der Waals surface area (Å²) >= 11 is 5.84. The molecule has 0 bridgehead atoms. The number of rotatable bonds is 8. The minimum Gasteiger partial charge on any atom is -0.480 e. The van der Waals surface area contributed by atoms with Gasteiger partial charge >= 0.3 is 5.97 Å². The number of benzene rings is 1. The molecule has 0 aliphatic carbocycles. The summed E-state index contributed by atoms with van der Waals surface area (Å²) < 4.78 is 0. The van der Waals surface area contributed by atoms with Gasteiger partial charge in [-0.1, -0.05) is 17.7 Å². The molecule has 0 radical (unpaired) electrons. The van der Waals surface area contributed by atoms with Crippen LogP contribution in [0.15, 0.2) is 24.3 Å². The summed E-state index contributed by atoms with van der Waals surface area (Å²) in [6.45, 7) is 1.03. The first-order valence-electron chi connectivity index (χ1n) is 6.51. The first kappa shape index (κ1) is 17.4. The standard InChI is InChI=1S/C14H20ClN3O3/c1-17(2)6-7-18(10-14(20)21)9-13(19)16-12-5-3-4-11(15)8-12/h3-5,8H,6-7,9-10H2,1-2H3,(H,16,19)(H,20,21). The van der Waals surface area contributed by atoms with Gasteiger partial charge in [0.15, 0.2) is 0 Å². The van der Waals surface area contributed by atoms with E-state index in [4.69, 9.17) is 16.7 Å². The number of carboxylic acid groups (broad SMARTS) is 1. The topological polar surface area (TPSA) is 72.9 Å². The number of amides is 1. The summed E-state index contributed by atoms with van der Waals surface area (Å²) in [6.07, 6.45) is 0. The number of carboxylic acids is 1. The highest BCUT2D eigenvalue weighted by Crippen LogP contribution is 2.14. The van der Waals surface area contributed by atoms with Crippen LogP contribution < -0.4 is 5.32 Å². The number of nitrogens with zero attached hydrogens (tertiary/aromatic N) is 2. The number of carbonyl (C=O) groups excluding carboxylic acids is 1. The Hall–Kier alpha value is -1.63. The number of aliphatic carboxylic acids is 1. The quantitative estimate of drug-likeness (QED) is 0.755. The smallest absolute Gasteiger partial charge is 0.317 e. The lowest BCUT2D eigenvalue weighted by Gasteiger charge is -2.21. The molecule has 0 fully saturated rings. The zero-order chi connectivity index (χ0) is 15.8. The van der Waals surface area contributed by atoms with E-state index in [-0.39, 0.29) is 19.0 Å². The van der Waals surface area contributed by atoms with Crippen molar-refractivity contribution in [3.8, 4) is 0 Å². The molecule has 1 aromatic rings. The lowest BCUT2D eigenvalue weighted by atomic mass is 10.3. The lowest BCUT2D eigenvalue weighted by molar-refractivity contribution is -0.138. The predicted octanol–water partition coefficient (Wildman–Crippen LogP) is 1.23. The van der Waals surface area contributed by atoms with Crippen molar-refractivity contribution in [2.45, 2.75) is 0 Å². The highest BCUT2D eigenvalue weighted by atomic mass is 35.5. The molecule has 0 aliphatic heterocycles. The van der Waals surface area contributed by atoms with Crippen LogP contribution in [-0.2, 0) is 9.59 Å². The van der Waals surface area contributed by atoms with Crippen LogP contribution in [0.3, 0.4) is 0 Å². The van der Waals surface area contributed by atoms with Crippen molar-refractivity contribution in [1.29, 1.82) is 0 Å². The maximum absolute atomic E-state index is 12.0. The fourth-order valence-corrected chi connectivity index (χ4v) is 1.91. The fourth-order valence-electron chi connectivity index (χ4n) is 1.72. The molecule has 0 aromatic heterocycles. The minimum atomic E-state index is -0.954. The Balaban J connectivity index is 2.56. The monoisotopic (exact) mass is 313 g/mol. The Morgan fingerprint density at radius 2 is 1.95 bits per heavy atom. The van der Waals surface area contributed by atoms with Crippen LogP contribution in [0.25, 0.3) is 0 Å². The molecule has 116 valence electrons. The molecule has 1 rings (SSSR count). The number of nitrogens with one attached hydrogen (secondary N) is 1. The highest BCUT2D eigenvalue weighted by Gasteiger charge is 2.14. The second kappa shape index (κ2) is 8.61. The van der Waals surface area contributed by atoms with E-state index in [1.54, 1.807) is 29.2 Å². The molecule has 1 amide bonds. The zero-order valence-electron chi connectivity index (χ0n) is 12.2. The summed E-state index contributed by atoms with van der Waals surface area (Å²) in [5.41, 5.74) is 0.593. The third-order valence-corrected chi connectivity index (χ3v) is 2.93. The maximum Gasteiger partial charge on any atom is 0.317 e. The summed E-state index contributed by atoms with van der Waals surface area (Å²) in [4.78, 5) is 26.3. The van der Waals surface area contributed by atoms with E-state index in [9.17, 15) is 9.59 Å². The number of likely N-dealkylation sites (N-methyl/N-ethyl adjacent to an activating group) is 1. The molecular weight excluding hydrogens is 294 g/mol. The number of halogens is 1. The number of carbonyl (C=O) groups is 2. The molecule has 0 saturated heterocycles. The normalized spacial score (nSPS) is 10.9. The van der Waals surface area contributed by atoms with Gasteiger partial charge in [0.1, 0.15) is 0 Å². The van der Waals surface area contributed by atoms with E-state index in [0.29, 0.717) is 23.8 Å². The first-order chi connectivity index (χ1) is 9.86. The molecule has 0 unspecified atom stereocenters. The third-order valence-electron chi connectivity index (χ3n) is 2.70. The lowest BCUT2D eigenvalue weighted by Crippen LogP contribution is -2.40. The number of anilines is 1. The summed E-state index contributed by atoms with van der Waals surface area (Å²) in [5, 5.41) is 12.1. The van der Waals surface area contributed by atoms with Crippen LogP contribution in [0.2, 0.25) is 5.02 Å². The van der Waals surface area contributed by atoms with Crippen LogP contribution in [-0.4, -0.2) is 67.1 Å². The highest BCUT2D eigenvalue weighted by molar-refractivity contribution is 6.30. The van der Waals surface area contributed by atoms with Crippen molar-refractivity contribution in [3.05, 3.63) is 29.3 Å². The van der Waals surface area contributed by atoms with Gasteiger partial charge in [-0.15, -0.1) is 0 Å². The van der Waals surface area contributed by atoms with Gasteiger partial charge in [-0.2, -0.15) is 0 Å². The Bertz CT molecular complexity index is 494. The van der Waals surface area contributed by atoms with Gasteiger partial charge < -0.3 is 15.3 Å². The molecule has 0 heterocycles. The Morgan fingerprint density at radius 1 is 1.24 bits per heavy atom. The summed E-state index contributed by atoms with van der Waals surface area (Å²) in [7, 11) is 3.79. The fraction of sp³-hybridized carbons (Fsp3) is 0.429. The van der Waals surface area contributed by atoms with Crippen molar-refractivity contribution >= 4 is 29.2 Å². The van der Waals surface area contributed by atoms with Gasteiger partial charge in [-0.05, 0) is 32.3 Å². The summed E-state index contributed by atoms with van der Waals surface area (Å²) in [6, 6.07) is 6.82. The van der Waals surface area contributed by atoms with Gasteiger partial charge in [0, 0.05) is 23.8 Å². The molecule has 6 nitrogen and oxygen atoms in total.